The van der Waals surface area contributed by atoms with E-state index in [-0.39, 0.29) is 10.7 Å². The molecule has 0 N–H and O–H groups in total. The van der Waals surface area contributed by atoms with Crippen LogP contribution in [0.3, 0.4) is 0 Å². The van der Waals surface area contributed by atoms with Gasteiger partial charge in [-0.1, -0.05) is 11.6 Å². The van der Waals surface area contributed by atoms with E-state index in [0.717, 1.165) is 0 Å². The fraction of sp³-hybridized carbons (Fsp3) is 0.125. The van der Waals surface area contributed by atoms with Crippen molar-refractivity contribution >= 4 is 17.2 Å². The molecule has 0 saturated carbocycles. The average molecular weight is 196 g/mol. The quantitative estimate of drug-likeness (QED) is 0.631. The molecule has 2 aromatic heterocycles. The molecule has 0 aliphatic rings. The Kier molecular flexibility index (Phi) is 1.77. The van der Waals surface area contributed by atoms with Crippen molar-refractivity contribution in [2.45, 2.75) is 6.92 Å². The number of nitrogens with zero attached hydrogens (tertiary/aromatic N) is 3. The van der Waals surface area contributed by atoms with Crippen molar-refractivity contribution < 1.29 is 0 Å². The van der Waals surface area contributed by atoms with Crippen LogP contribution in [0.1, 0.15) is 5.56 Å². The highest BCUT2D eigenvalue weighted by Gasteiger charge is 2.01. The summed E-state index contributed by atoms with van der Waals surface area (Å²) in [4.78, 5) is 15.5. The van der Waals surface area contributed by atoms with Crippen LogP contribution in [0.2, 0.25) is 5.15 Å². The summed E-state index contributed by atoms with van der Waals surface area (Å²) in [5.41, 5.74) is 0.861. The maximum Gasteiger partial charge on any atom is 0.277 e. The maximum atomic E-state index is 11.5. The summed E-state index contributed by atoms with van der Waals surface area (Å²) < 4.78 is 1.19. The molecule has 13 heavy (non-hydrogen) atoms. The Morgan fingerprint density at radius 3 is 3.00 bits per heavy atom. The lowest BCUT2D eigenvalue weighted by Crippen LogP contribution is -2.19. The molecule has 0 radical (unpaired) electrons. The van der Waals surface area contributed by atoms with E-state index in [0.29, 0.717) is 11.2 Å². The number of halogens is 1. The second-order valence-corrected chi connectivity index (χ2v) is 3.06. The molecule has 0 aliphatic heterocycles. The number of hydrogen-bond donors (Lipinski definition) is 0. The van der Waals surface area contributed by atoms with Crippen molar-refractivity contribution in [3.63, 3.8) is 0 Å². The van der Waals surface area contributed by atoms with E-state index in [1.54, 1.807) is 19.1 Å². The largest absolute Gasteiger partial charge is 0.277 e. The van der Waals surface area contributed by atoms with Gasteiger partial charge in [0, 0.05) is 11.8 Å². The van der Waals surface area contributed by atoms with Crippen molar-refractivity contribution in [1.29, 1.82) is 0 Å². The Balaban J connectivity index is 2.97. The Hall–Kier alpha value is -1.42. The molecule has 4 nitrogen and oxygen atoms in total. The smallest absolute Gasteiger partial charge is 0.267 e. The predicted molar refractivity (Wildman–Crippen MR) is 49.0 cm³/mol. The predicted octanol–water partition coefficient (Wildman–Crippen LogP) is 1.05. The first-order valence-electron chi connectivity index (χ1n) is 3.70. The Morgan fingerprint density at radius 1 is 1.46 bits per heavy atom. The minimum absolute atomic E-state index is 0.187. The van der Waals surface area contributed by atoms with Gasteiger partial charge in [0.2, 0.25) is 0 Å². The number of aromatic nitrogens is 3. The van der Waals surface area contributed by atoms with E-state index >= 15 is 0 Å². The van der Waals surface area contributed by atoms with Gasteiger partial charge in [0.1, 0.15) is 5.15 Å². The van der Waals surface area contributed by atoms with Crippen LogP contribution < -0.4 is 5.56 Å². The first kappa shape index (κ1) is 8.19. The van der Waals surface area contributed by atoms with E-state index in [1.807, 2.05) is 0 Å². The minimum atomic E-state index is -0.187. The number of fused-ring (bicyclic) bond motifs is 1. The molecule has 0 saturated heterocycles. The third-order valence-electron chi connectivity index (χ3n) is 1.70. The van der Waals surface area contributed by atoms with Gasteiger partial charge in [-0.15, -0.1) is 0 Å². The van der Waals surface area contributed by atoms with Crippen molar-refractivity contribution in [3.8, 4) is 0 Å². The molecule has 2 heterocycles. The SMILES string of the molecule is Cc1cnc2ccc(Cl)nn2c1=O. The van der Waals surface area contributed by atoms with E-state index in [1.165, 1.54) is 10.7 Å². The van der Waals surface area contributed by atoms with Gasteiger partial charge in [-0.2, -0.15) is 9.61 Å². The van der Waals surface area contributed by atoms with Gasteiger partial charge in [-0.3, -0.25) is 4.79 Å². The molecule has 66 valence electrons. The molecule has 0 spiro atoms. The average Bonchev–Trinajstić information content (AvgIpc) is 2.12. The molecule has 5 heteroatoms. The summed E-state index contributed by atoms with van der Waals surface area (Å²) in [6.07, 6.45) is 1.52. The topological polar surface area (TPSA) is 47.3 Å². The van der Waals surface area contributed by atoms with Crippen LogP contribution in [0.15, 0.2) is 23.1 Å². The van der Waals surface area contributed by atoms with Gasteiger partial charge in [-0.05, 0) is 19.1 Å². The van der Waals surface area contributed by atoms with Crippen LogP contribution >= 0.6 is 11.6 Å². The van der Waals surface area contributed by atoms with Crippen LogP contribution in [0.5, 0.6) is 0 Å². The Labute approximate surface area is 78.8 Å². The van der Waals surface area contributed by atoms with Crippen LogP contribution in [0.4, 0.5) is 0 Å². The van der Waals surface area contributed by atoms with Gasteiger partial charge in [0.15, 0.2) is 5.65 Å². The molecule has 2 rings (SSSR count). The maximum absolute atomic E-state index is 11.5. The monoisotopic (exact) mass is 195 g/mol. The summed E-state index contributed by atoms with van der Waals surface area (Å²) in [7, 11) is 0. The Bertz CT molecular complexity index is 515. The van der Waals surface area contributed by atoms with E-state index in [2.05, 4.69) is 10.1 Å². The molecular formula is C8H6ClN3O. The standard InChI is InChI=1S/C8H6ClN3O/c1-5-4-10-7-3-2-6(9)11-12(7)8(5)13/h2-4H,1H3. The van der Waals surface area contributed by atoms with Crippen LogP contribution in [0.25, 0.3) is 5.65 Å². The molecule has 0 aromatic carbocycles. The molecular weight excluding hydrogens is 190 g/mol. The Morgan fingerprint density at radius 2 is 2.23 bits per heavy atom. The van der Waals surface area contributed by atoms with Gasteiger partial charge in [-0.25, -0.2) is 4.98 Å². The summed E-state index contributed by atoms with van der Waals surface area (Å²) in [6.45, 7) is 1.68. The van der Waals surface area contributed by atoms with Crippen molar-refractivity contribution in [2.24, 2.45) is 0 Å². The fourth-order valence-electron chi connectivity index (χ4n) is 1.03. The molecule has 0 unspecified atom stereocenters. The highest BCUT2D eigenvalue weighted by Crippen LogP contribution is 2.03. The van der Waals surface area contributed by atoms with Crippen molar-refractivity contribution in [2.75, 3.05) is 0 Å². The number of hydrogen-bond acceptors (Lipinski definition) is 3. The van der Waals surface area contributed by atoms with Crippen molar-refractivity contribution in [1.82, 2.24) is 14.6 Å². The highest BCUT2D eigenvalue weighted by atomic mass is 35.5. The molecule has 0 amide bonds. The zero-order chi connectivity index (χ0) is 9.42. The summed E-state index contributed by atoms with van der Waals surface area (Å²) in [6, 6.07) is 3.24. The third kappa shape index (κ3) is 1.29. The van der Waals surface area contributed by atoms with E-state index in [4.69, 9.17) is 11.6 Å². The van der Waals surface area contributed by atoms with Crippen LogP contribution in [0, 0.1) is 6.92 Å². The minimum Gasteiger partial charge on any atom is -0.267 e. The third-order valence-corrected chi connectivity index (χ3v) is 1.90. The normalized spacial score (nSPS) is 10.6. The first-order valence-corrected chi connectivity index (χ1v) is 4.07. The second-order valence-electron chi connectivity index (χ2n) is 2.67. The molecule has 0 fully saturated rings. The van der Waals surface area contributed by atoms with Crippen LogP contribution in [-0.4, -0.2) is 14.6 Å². The molecule has 0 bridgehead atoms. The number of rotatable bonds is 0. The summed E-state index contributed by atoms with van der Waals surface area (Å²) in [5, 5.41) is 4.12. The molecule has 0 aliphatic carbocycles. The van der Waals surface area contributed by atoms with Gasteiger partial charge >= 0.3 is 0 Å². The first-order chi connectivity index (χ1) is 6.18. The summed E-state index contributed by atoms with van der Waals surface area (Å²) >= 11 is 5.64. The summed E-state index contributed by atoms with van der Waals surface area (Å²) in [5.74, 6) is 0. The van der Waals surface area contributed by atoms with Gasteiger partial charge in [0.05, 0.1) is 0 Å². The van der Waals surface area contributed by atoms with Crippen LogP contribution in [-0.2, 0) is 0 Å². The van der Waals surface area contributed by atoms with E-state index in [9.17, 15) is 4.79 Å². The van der Waals surface area contributed by atoms with Crippen molar-refractivity contribution in [3.05, 3.63) is 39.4 Å². The van der Waals surface area contributed by atoms with E-state index < -0.39 is 0 Å². The lowest BCUT2D eigenvalue weighted by Gasteiger charge is -1.98. The zero-order valence-corrected chi connectivity index (χ0v) is 7.62. The fourth-order valence-corrected chi connectivity index (χ4v) is 1.16. The number of aryl methyl sites for hydroxylation is 1. The lowest BCUT2D eigenvalue weighted by atomic mass is 10.4. The highest BCUT2D eigenvalue weighted by molar-refractivity contribution is 6.29. The lowest BCUT2D eigenvalue weighted by molar-refractivity contribution is 0.854. The molecule has 0 atom stereocenters. The van der Waals surface area contributed by atoms with Gasteiger partial charge < -0.3 is 0 Å². The second kappa shape index (κ2) is 2.81. The zero-order valence-electron chi connectivity index (χ0n) is 6.86. The molecule has 2 aromatic rings. The van der Waals surface area contributed by atoms with Gasteiger partial charge in [0.25, 0.3) is 5.56 Å².